The Labute approximate surface area is 191 Å². The normalized spacial score (nSPS) is 17.1. The molecule has 1 N–H and O–H groups in total. The second-order valence-electron chi connectivity index (χ2n) is 8.34. The lowest BCUT2D eigenvalue weighted by Crippen LogP contribution is -2.33. The molecule has 1 atom stereocenters. The van der Waals surface area contributed by atoms with Gasteiger partial charge in [-0.1, -0.05) is 32.1 Å². The van der Waals surface area contributed by atoms with Gasteiger partial charge in [-0.05, 0) is 50.1 Å². The van der Waals surface area contributed by atoms with Gasteiger partial charge < -0.3 is 14.8 Å². The van der Waals surface area contributed by atoms with Crippen molar-refractivity contribution in [1.82, 2.24) is 5.06 Å². The zero-order chi connectivity index (χ0) is 23.6. The minimum Gasteiger partial charge on any atom is -0.496 e. The summed E-state index contributed by atoms with van der Waals surface area (Å²) in [6, 6.07) is 9.95. The number of hydrogen-bond acceptors (Lipinski definition) is 5. The predicted molar refractivity (Wildman–Crippen MR) is 129 cm³/mol. The summed E-state index contributed by atoms with van der Waals surface area (Å²) in [6.07, 6.45) is 1.94. The number of carbonyl (C=O) groups is 1. The monoisotopic (exact) mass is 438 g/mol. The van der Waals surface area contributed by atoms with Crippen LogP contribution in [0.3, 0.4) is 0 Å². The predicted octanol–water partition coefficient (Wildman–Crippen LogP) is 5.84. The first kappa shape index (κ1) is 23.7. The van der Waals surface area contributed by atoms with E-state index in [-0.39, 0.29) is 17.9 Å². The van der Waals surface area contributed by atoms with E-state index in [0.717, 1.165) is 39.3 Å². The van der Waals surface area contributed by atoms with E-state index in [1.807, 2.05) is 32.0 Å². The van der Waals surface area contributed by atoms with Crippen molar-refractivity contribution >= 4 is 17.2 Å². The van der Waals surface area contributed by atoms with Crippen LogP contribution in [-0.2, 0) is 9.63 Å². The summed E-state index contributed by atoms with van der Waals surface area (Å²) < 4.78 is 12.0. The summed E-state index contributed by atoms with van der Waals surface area (Å²) in [5, 5.41) is 4.83. The third-order valence-electron chi connectivity index (χ3n) is 5.73. The van der Waals surface area contributed by atoms with Crippen molar-refractivity contribution in [2.45, 2.75) is 52.7 Å². The van der Waals surface area contributed by atoms with Crippen LogP contribution >= 0.6 is 0 Å². The molecule has 6 heteroatoms. The number of allylic oxidation sites excluding steroid dienone is 1. The quantitative estimate of drug-likeness (QED) is 0.608. The van der Waals surface area contributed by atoms with Gasteiger partial charge in [0.15, 0.2) is 0 Å². The highest BCUT2D eigenvalue weighted by atomic mass is 16.7. The molecule has 2 aliphatic rings. The van der Waals surface area contributed by atoms with Crippen molar-refractivity contribution in [3.8, 4) is 22.6 Å². The fourth-order valence-electron chi connectivity index (χ4n) is 4.49. The topological polar surface area (TPSA) is 60.0 Å². The number of ether oxygens (including phenoxy) is 2. The molecule has 2 aromatic carbocycles. The van der Waals surface area contributed by atoms with Gasteiger partial charge in [-0.3, -0.25) is 9.63 Å². The Bertz CT molecular complexity index is 1040. The molecule has 2 heterocycles. The number of fused-ring (bicyclic) bond motifs is 5. The second kappa shape index (κ2) is 9.25. The van der Waals surface area contributed by atoms with E-state index in [9.17, 15) is 4.79 Å². The van der Waals surface area contributed by atoms with E-state index in [4.69, 9.17) is 14.3 Å². The van der Waals surface area contributed by atoms with Crippen LogP contribution in [0.1, 0.15) is 58.3 Å². The van der Waals surface area contributed by atoms with Crippen LogP contribution in [0.5, 0.6) is 11.5 Å². The molecule has 1 amide bonds. The number of carbonyl (C=O) groups excluding carboxylic acids is 1. The number of nitrogens with one attached hydrogen (secondary N) is 1. The van der Waals surface area contributed by atoms with E-state index in [1.54, 1.807) is 14.2 Å². The second-order valence-corrected chi connectivity index (χ2v) is 8.34. The molecule has 172 valence electrons. The summed E-state index contributed by atoms with van der Waals surface area (Å²) in [6.45, 7) is 10.4. The Balaban J connectivity index is 0.00000141. The zero-order valence-electron chi connectivity index (χ0n) is 20.3. The van der Waals surface area contributed by atoms with Gasteiger partial charge >= 0.3 is 0 Å². The Kier molecular flexibility index (Phi) is 6.84. The van der Waals surface area contributed by atoms with E-state index < -0.39 is 6.10 Å². The first-order valence-corrected chi connectivity index (χ1v) is 11.1. The van der Waals surface area contributed by atoms with Gasteiger partial charge in [0.05, 0.1) is 31.7 Å². The maximum Gasteiger partial charge on any atom is 0.249 e. The van der Waals surface area contributed by atoms with Crippen molar-refractivity contribution in [2.24, 2.45) is 0 Å². The van der Waals surface area contributed by atoms with Gasteiger partial charge in [0, 0.05) is 23.9 Å². The van der Waals surface area contributed by atoms with Gasteiger partial charge in [0.2, 0.25) is 5.91 Å². The number of amides is 1. The Hall–Kier alpha value is -2.99. The first-order chi connectivity index (χ1) is 15.3. The van der Waals surface area contributed by atoms with Crippen molar-refractivity contribution in [2.75, 3.05) is 26.6 Å². The fraction of sp³-hybridized carbons (Fsp3) is 0.423. The molecule has 0 aliphatic carbocycles. The van der Waals surface area contributed by atoms with Gasteiger partial charge in [-0.25, -0.2) is 5.06 Å². The van der Waals surface area contributed by atoms with E-state index in [0.29, 0.717) is 5.75 Å². The van der Waals surface area contributed by atoms with Crippen LogP contribution in [-0.4, -0.2) is 37.8 Å². The molecule has 6 nitrogen and oxygen atoms in total. The minimum atomic E-state index is -0.439. The largest absolute Gasteiger partial charge is 0.496 e. The highest BCUT2D eigenvalue weighted by molar-refractivity contribution is 5.92. The third-order valence-corrected chi connectivity index (χ3v) is 5.73. The number of hydroxylamine groups is 2. The SMILES string of the molecule is CC.COc1cccc2c1-c1ccc3c(c1C(CC(=O)N(C)OC)O2)C(C)=CC(C)(C)N3. The molecule has 0 aromatic heterocycles. The highest BCUT2D eigenvalue weighted by Gasteiger charge is 2.36. The van der Waals surface area contributed by atoms with Gasteiger partial charge in [-0.15, -0.1) is 0 Å². The van der Waals surface area contributed by atoms with Crippen molar-refractivity contribution in [3.05, 3.63) is 47.5 Å². The molecule has 0 saturated heterocycles. The lowest BCUT2D eigenvalue weighted by atomic mass is 9.81. The molecular weight excluding hydrogens is 404 g/mol. The van der Waals surface area contributed by atoms with Crippen LogP contribution in [0.25, 0.3) is 16.7 Å². The molecule has 0 fully saturated rings. The molecule has 4 rings (SSSR count). The molecule has 0 spiro atoms. The average molecular weight is 439 g/mol. The van der Waals surface area contributed by atoms with Crippen LogP contribution < -0.4 is 14.8 Å². The van der Waals surface area contributed by atoms with Gasteiger partial charge in [-0.2, -0.15) is 0 Å². The summed E-state index contributed by atoms with van der Waals surface area (Å²) >= 11 is 0. The molecule has 1 unspecified atom stereocenters. The summed E-state index contributed by atoms with van der Waals surface area (Å²) in [7, 11) is 4.75. The molecule has 2 aliphatic heterocycles. The highest BCUT2D eigenvalue weighted by Crippen LogP contribution is 2.52. The summed E-state index contributed by atoms with van der Waals surface area (Å²) in [5.41, 5.74) is 6.07. The maximum absolute atomic E-state index is 12.7. The van der Waals surface area contributed by atoms with Crippen LogP contribution in [0.2, 0.25) is 0 Å². The molecule has 0 bridgehead atoms. The number of methoxy groups -OCH3 is 1. The first-order valence-electron chi connectivity index (χ1n) is 11.1. The van der Waals surface area contributed by atoms with E-state index in [2.05, 4.69) is 44.3 Å². The van der Waals surface area contributed by atoms with Crippen molar-refractivity contribution < 1.29 is 19.1 Å². The van der Waals surface area contributed by atoms with Crippen molar-refractivity contribution in [1.29, 1.82) is 0 Å². The van der Waals surface area contributed by atoms with Gasteiger partial charge in [0.25, 0.3) is 0 Å². The number of hydrogen-bond donors (Lipinski definition) is 1. The molecule has 0 radical (unpaired) electrons. The van der Waals surface area contributed by atoms with Crippen LogP contribution in [0.15, 0.2) is 36.4 Å². The Morgan fingerprint density at radius 1 is 1.16 bits per heavy atom. The standard InChI is InChI=1S/C24H28N2O4.C2H6/c1-14-13-24(2,3)25-16-11-10-15-22-17(28-5)8-7-9-18(22)30-19(23(15)21(14)16)12-20(27)26(4)29-6;1-2/h7-11,13,19,25H,12H2,1-6H3;1-2H3. The van der Waals surface area contributed by atoms with Crippen LogP contribution in [0.4, 0.5) is 5.69 Å². The lowest BCUT2D eigenvalue weighted by Gasteiger charge is -2.37. The molecular formula is C26H34N2O4. The average Bonchev–Trinajstić information content (AvgIpc) is 2.77. The van der Waals surface area contributed by atoms with E-state index in [1.165, 1.54) is 12.2 Å². The molecule has 0 saturated carbocycles. The number of benzene rings is 2. The fourth-order valence-corrected chi connectivity index (χ4v) is 4.49. The van der Waals surface area contributed by atoms with Crippen LogP contribution in [0, 0.1) is 0 Å². The molecule has 32 heavy (non-hydrogen) atoms. The number of nitrogens with zero attached hydrogens (tertiary/aromatic N) is 1. The zero-order valence-corrected chi connectivity index (χ0v) is 20.3. The summed E-state index contributed by atoms with van der Waals surface area (Å²) in [5.74, 6) is 1.31. The Morgan fingerprint density at radius 2 is 1.88 bits per heavy atom. The van der Waals surface area contributed by atoms with Gasteiger partial charge in [0.1, 0.15) is 17.6 Å². The minimum absolute atomic E-state index is 0.150. The number of anilines is 1. The van der Waals surface area contributed by atoms with E-state index >= 15 is 0 Å². The number of rotatable bonds is 4. The Morgan fingerprint density at radius 3 is 2.53 bits per heavy atom. The summed E-state index contributed by atoms with van der Waals surface area (Å²) in [4.78, 5) is 17.8. The maximum atomic E-state index is 12.7. The molecule has 2 aromatic rings. The smallest absolute Gasteiger partial charge is 0.249 e. The van der Waals surface area contributed by atoms with Crippen molar-refractivity contribution in [3.63, 3.8) is 0 Å². The lowest BCUT2D eigenvalue weighted by molar-refractivity contribution is -0.170. The third kappa shape index (κ3) is 4.19.